The topological polar surface area (TPSA) is 75.6 Å². The lowest BCUT2D eigenvalue weighted by molar-refractivity contribution is 0.102. The Bertz CT molecular complexity index is 1180. The largest absolute Gasteiger partial charge is 0.351 e. The summed E-state index contributed by atoms with van der Waals surface area (Å²) in [5.74, 6) is 0.748. The van der Waals surface area contributed by atoms with Crippen molar-refractivity contribution in [2.45, 2.75) is 32.2 Å². The van der Waals surface area contributed by atoms with Crippen LogP contribution < -0.4 is 5.32 Å². The van der Waals surface area contributed by atoms with E-state index in [2.05, 4.69) is 20.5 Å². The Morgan fingerprint density at radius 2 is 1.97 bits per heavy atom. The molecule has 3 heterocycles. The van der Waals surface area contributed by atoms with Crippen molar-refractivity contribution in [2.75, 3.05) is 5.32 Å². The molecule has 1 aliphatic rings. The number of anilines is 1. The van der Waals surface area contributed by atoms with Gasteiger partial charge in [-0.1, -0.05) is 24.6 Å². The van der Waals surface area contributed by atoms with E-state index in [0.717, 1.165) is 49.0 Å². The molecule has 0 bridgehead atoms. The Hall–Kier alpha value is -3.48. The number of carbonyl (C=O) groups is 1. The first-order valence-electron chi connectivity index (χ1n) is 9.80. The van der Waals surface area contributed by atoms with Gasteiger partial charge in [0.25, 0.3) is 5.91 Å². The Labute approximate surface area is 166 Å². The van der Waals surface area contributed by atoms with Crippen molar-refractivity contribution in [3.63, 3.8) is 0 Å². The first kappa shape index (κ1) is 17.6. The summed E-state index contributed by atoms with van der Waals surface area (Å²) >= 11 is 0. The normalized spacial score (nSPS) is 13.8. The minimum absolute atomic E-state index is 0.279. The van der Waals surface area contributed by atoms with Gasteiger partial charge in [0.15, 0.2) is 5.82 Å². The number of aromatic nitrogens is 4. The summed E-state index contributed by atoms with van der Waals surface area (Å²) in [5.41, 5.74) is 2.20. The smallest absolute Gasteiger partial charge is 0.272 e. The SMILES string of the molecule is O=C(Nc1ccc(F)c(-c2nnc3n2CCCCC3)c1)c1cc2ccccc2[nH]1. The lowest BCUT2D eigenvalue weighted by Gasteiger charge is -2.10. The highest BCUT2D eigenvalue weighted by atomic mass is 19.1. The molecular formula is C22H20FN5O. The van der Waals surface area contributed by atoms with Crippen LogP contribution >= 0.6 is 0 Å². The summed E-state index contributed by atoms with van der Waals surface area (Å²) in [6.07, 6.45) is 4.08. The summed E-state index contributed by atoms with van der Waals surface area (Å²) in [4.78, 5) is 15.8. The third-order valence-electron chi connectivity index (χ3n) is 5.35. The zero-order valence-corrected chi connectivity index (χ0v) is 15.8. The fraction of sp³-hybridized carbons (Fsp3) is 0.227. The van der Waals surface area contributed by atoms with Gasteiger partial charge in [-0.05, 0) is 43.2 Å². The molecule has 5 rings (SSSR count). The van der Waals surface area contributed by atoms with Crippen molar-refractivity contribution >= 4 is 22.5 Å². The van der Waals surface area contributed by atoms with Crippen LogP contribution in [0.1, 0.15) is 35.6 Å². The summed E-state index contributed by atoms with van der Waals surface area (Å²) < 4.78 is 16.6. The van der Waals surface area contributed by atoms with Crippen LogP contribution in [-0.2, 0) is 13.0 Å². The fourth-order valence-corrected chi connectivity index (χ4v) is 3.85. The number of para-hydroxylation sites is 1. The van der Waals surface area contributed by atoms with E-state index < -0.39 is 0 Å². The molecule has 6 nitrogen and oxygen atoms in total. The number of rotatable bonds is 3. The first-order chi connectivity index (χ1) is 14.2. The van der Waals surface area contributed by atoms with Gasteiger partial charge in [-0.2, -0.15) is 0 Å². The van der Waals surface area contributed by atoms with Crippen LogP contribution in [0.15, 0.2) is 48.5 Å². The van der Waals surface area contributed by atoms with E-state index in [1.165, 1.54) is 6.07 Å². The van der Waals surface area contributed by atoms with E-state index in [1.807, 2.05) is 28.8 Å². The minimum Gasteiger partial charge on any atom is -0.351 e. The molecule has 146 valence electrons. The summed E-state index contributed by atoms with van der Waals surface area (Å²) in [6.45, 7) is 0.781. The van der Waals surface area contributed by atoms with Crippen molar-refractivity contribution in [3.8, 4) is 11.4 Å². The van der Waals surface area contributed by atoms with Crippen molar-refractivity contribution in [3.05, 3.63) is 65.9 Å². The molecule has 0 unspecified atom stereocenters. The quantitative estimate of drug-likeness (QED) is 0.540. The van der Waals surface area contributed by atoms with Crippen LogP contribution in [0.5, 0.6) is 0 Å². The molecule has 0 saturated heterocycles. The molecule has 2 N–H and O–H groups in total. The van der Waals surface area contributed by atoms with Gasteiger partial charge in [-0.3, -0.25) is 4.79 Å². The number of nitrogens with one attached hydrogen (secondary N) is 2. The molecule has 7 heteroatoms. The van der Waals surface area contributed by atoms with Gasteiger partial charge in [0.2, 0.25) is 0 Å². The van der Waals surface area contributed by atoms with E-state index in [-0.39, 0.29) is 11.7 Å². The highest BCUT2D eigenvalue weighted by molar-refractivity contribution is 6.06. The van der Waals surface area contributed by atoms with Gasteiger partial charge in [0.05, 0.1) is 5.56 Å². The van der Waals surface area contributed by atoms with Crippen LogP contribution in [0.25, 0.3) is 22.3 Å². The number of benzene rings is 2. The standard InChI is InChI=1S/C22H20FN5O/c23-17-10-9-15(24-22(29)19-12-14-6-3-4-7-18(14)25-19)13-16(17)21-27-26-20-8-2-1-5-11-28(20)21/h3-4,6-7,9-10,12-13,25H,1-2,5,8,11H2,(H,24,29). The molecule has 1 amide bonds. The van der Waals surface area contributed by atoms with Gasteiger partial charge in [0, 0.05) is 29.6 Å². The number of fused-ring (bicyclic) bond motifs is 2. The number of halogens is 1. The molecule has 1 aliphatic heterocycles. The van der Waals surface area contributed by atoms with Crippen LogP contribution in [0.2, 0.25) is 0 Å². The molecule has 2 aromatic heterocycles. The van der Waals surface area contributed by atoms with Crippen LogP contribution in [0, 0.1) is 5.82 Å². The third-order valence-corrected chi connectivity index (χ3v) is 5.35. The van der Waals surface area contributed by atoms with Crippen molar-refractivity contribution < 1.29 is 9.18 Å². The Morgan fingerprint density at radius 1 is 1.07 bits per heavy atom. The molecule has 2 aromatic carbocycles. The fourth-order valence-electron chi connectivity index (χ4n) is 3.85. The summed E-state index contributed by atoms with van der Waals surface area (Å²) in [5, 5.41) is 12.3. The second-order valence-corrected chi connectivity index (χ2v) is 7.32. The zero-order valence-electron chi connectivity index (χ0n) is 15.8. The maximum atomic E-state index is 14.6. The number of amides is 1. The number of aromatic amines is 1. The van der Waals surface area contributed by atoms with Crippen LogP contribution in [0.4, 0.5) is 10.1 Å². The van der Waals surface area contributed by atoms with Crippen molar-refractivity contribution in [1.29, 1.82) is 0 Å². The van der Waals surface area contributed by atoms with Gasteiger partial charge in [0.1, 0.15) is 17.3 Å². The van der Waals surface area contributed by atoms with Gasteiger partial charge >= 0.3 is 0 Å². The number of H-pyrrole nitrogens is 1. The van der Waals surface area contributed by atoms with Crippen LogP contribution in [0.3, 0.4) is 0 Å². The first-order valence-corrected chi connectivity index (χ1v) is 9.80. The molecule has 0 fully saturated rings. The van der Waals surface area contributed by atoms with Gasteiger partial charge in [-0.15, -0.1) is 10.2 Å². The second-order valence-electron chi connectivity index (χ2n) is 7.32. The molecule has 0 aliphatic carbocycles. The minimum atomic E-state index is -0.381. The van der Waals surface area contributed by atoms with Crippen molar-refractivity contribution in [1.82, 2.24) is 19.7 Å². The lowest BCUT2D eigenvalue weighted by atomic mass is 10.1. The molecule has 0 atom stereocenters. The number of hydrogen-bond donors (Lipinski definition) is 2. The number of nitrogens with zero attached hydrogens (tertiary/aromatic N) is 3. The second kappa shape index (κ2) is 7.16. The van der Waals surface area contributed by atoms with E-state index in [1.54, 1.807) is 18.2 Å². The third kappa shape index (κ3) is 3.29. The number of aryl methyl sites for hydroxylation is 1. The maximum Gasteiger partial charge on any atom is 0.272 e. The molecule has 4 aromatic rings. The van der Waals surface area contributed by atoms with E-state index in [9.17, 15) is 9.18 Å². The van der Waals surface area contributed by atoms with Gasteiger partial charge in [-0.25, -0.2) is 4.39 Å². The molecular weight excluding hydrogens is 369 g/mol. The zero-order chi connectivity index (χ0) is 19.8. The lowest BCUT2D eigenvalue weighted by Crippen LogP contribution is -2.12. The maximum absolute atomic E-state index is 14.6. The highest BCUT2D eigenvalue weighted by Gasteiger charge is 2.19. The van der Waals surface area contributed by atoms with E-state index in [4.69, 9.17) is 0 Å². The predicted molar refractivity (Wildman–Crippen MR) is 109 cm³/mol. The number of hydrogen-bond acceptors (Lipinski definition) is 3. The average molecular weight is 389 g/mol. The monoisotopic (exact) mass is 389 g/mol. The van der Waals surface area contributed by atoms with Crippen molar-refractivity contribution in [2.24, 2.45) is 0 Å². The molecule has 29 heavy (non-hydrogen) atoms. The molecule has 0 saturated carbocycles. The van der Waals surface area contributed by atoms with E-state index in [0.29, 0.717) is 22.8 Å². The molecule has 0 radical (unpaired) electrons. The van der Waals surface area contributed by atoms with E-state index >= 15 is 0 Å². The predicted octanol–water partition coefficient (Wildman–Crippen LogP) is 4.54. The summed E-state index contributed by atoms with van der Waals surface area (Å²) in [6, 6.07) is 14.0. The number of carbonyl (C=O) groups excluding carboxylic acids is 1. The molecule has 0 spiro atoms. The highest BCUT2D eigenvalue weighted by Crippen LogP contribution is 2.28. The summed E-state index contributed by atoms with van der Waals surface area (Å²) in [7, 11) is 0. The Morgan fingerprint density at radius 3 is 2.86 bits per heavy atom. The Balaban J connectivity index is 1.45. The van der Waals surface area contributed by atoms with Gasteiger partial charge < -0.3 is 14.9 Å². The Kier molecular flexibility index (Phi) is 4.35. The van der Waals surface area contributed by atoms with Crippen LogP contribution in [-0.4, -0.2) is 25.7 Å². The average Bonchev–Trinajstić information content (AvgIpc) is 3.27.